The minimum Gasteiger partial charge on any atom is -0.384 e. The topological polar surface area (TPSA) is 83.5 Å². The summed E-state index contributed by atoms with van der Waals surface area (Å²) in [6.07, 6.45) is 0. The highest BCUT2D eigenvalue weighted by Crippen LogP contribution is 2.10. The van der Waals surface area contributed by atoms with Crippen LogP contribution in [0.5, 0.6) is 0 Å². The Morgan fingerprint density at radius 2 is 2.10 bits per heavy atom. The molecule has 1 aromatic rings. The molecule has 0 heterocycles. The maximum atomic E-state index is 11.9. The molecule has 0 fully saturated rings. The van der Waals surface area contributed by atoms with Crippen LogP contribution in [0.4, 0.5) is 0 Å². The Balaban J connectivity index is 2.69. The van der Waals surface area contributed by atoms with Crippen LogP contribution in [0.15, 0.2) is 18.2 Å². The van der Waals surface area contributed by atoms with Crippen LogP contribution in [0.2, 0.25) is 0 Å². The number of amides is 1. The van der Waals surface area contributed by atoms with Crippen LogP contribution in [0.25, 0.3) is 0 Å². The molecule has 1 aromatic carbocycles. The zero-order valence-electron chi connectivity index (χ0n) is 12.1. The highest BCUT2D eigenvalue weighted by atomic mass is 32.2. The van der Waals surface area contributed by atoms with Crippen molar-refractivity contribution >= 4 is 15.7 Å². The van der Waals surface area contributed by atoms with Gasteiger partial charge in [-0.05, 0) is 30.7 Å². The molecular formula is C15H19NO4S. The molecule has 0 spiro atoms. The number of sulfone groups is 1. The van der Waals surface area contributed by atoms with E-state index in [1.807, 2.05) is 6.92 Å². The first-order valence-electron chi connectivity index (χ1n) is 6.58. The fourth-order valence-electron chi connectivity index (χ4n) is 1.65. The molecule has 2 N–H and O–H groups in total. The smallest absolute Gasteiger partial charge is 0.251 e. The number of carbonyl (C=O) groups excluding carboxylic acids is 1. The van der Waals surface area contributed by atoms with Crippen molar-refractivity contribution in [2.24, 2.45) is 0 Å². The van der Waals surface area contributed by atoms with E-state index in [0.717, 1.165) is 11.1 Å². The molecule has 114 valence electrons. The first-order chi connectivity index (χ1) is 9.89. The third kappa shape index (κ3) is 5.58. The second-order valence-electron chi connectivity index (χ2n) is 4.48. The molecule has 0 saturated carbocycles. The molecule has 1 rings (SSSR count). The van der Waals surface area contributed by atoms with E-state index in [-0.39, 0.29) is 30.6 Å². The van der Waals surface area contributed by atoms with Gasteiger partial charge in [-0.15, -0.1) is 0 Å². The molecule has 0 atom stereocenters. The van der Waals surface area contributed by atoms with Crippen LogP contribution in [0, 0.1) is 18.8 Å². The molecule has 0 aliphatic carbocycles. The molecule has 1 amide bonds. The number of rotatable bonds is 5. The molecule has 0 bridgehead atoms. The number of carbonyl (C=O) groups is 1. The highest BCUT2D eigenvalue weighted by Gasteiger charge is 2.10. The summed E-state index contributed by atoms with van der Waals surface area (Å²) in [5.41, 5.74) is 2.02. The van der Waals surface area contributed by atoms with Crippen molar-refractivity contribution in [3.8, 4) is 11.8 Å². The van der Waals surface area contributed by atoms with Crippen LogP contribution in [-0.4, -0.2) is 44.1 Å². The van der Waals surface area contributed by atoms with Gasteiger partial charge >= 0.3 is 0 Å². The van der Waals surface area contributed by atoms with Crippen molar-refractivity contribution in [1.29, 1.82) is 0 Å². The van der Waals surface area contributed by atoms with Crippen molar-refractivity contribution in [2.75, 3.05) is 24.7 Å². The zero-order valence-corrected chi connectivity index (χ0v) is 13.0. The summed E-state index contributed by atoms with van der Waals surface area (Å²) in [5.74, 6) is 5.03. The number of aliphatic hydroxyl groups is 1. The van der Waals surface area contributed by atoms with Crippen molar-refractivity contribution in [2.45, 2.75) is 13.8 Å². The minimum atomic E-state index is -3.08. The number of nitrogens with one attached hydrogen (secondary N) is 1. The second kappa shape index (κ2) is 7.81. The van der Waals surface area contributed by atoms with E-state index in [9.17, 15) is 13.2 Å². The van der Waals surface area contributed by atoms with Gasteiger partial charge in [0.05, 0.1) is 5.75 Å². The van der Waals surface area contributed by atoms with Crippen LogP contribution in [0.1, 0.15) is 28.4 Å². The van der Waals surface area contributed by atoms with Crippen LogP contribution >= 0.6 is 0 Å². The van der Waals surface area contributed by atoms with Crippen molar-refractivity contribution in [3.63, 3.8) is 0 Å². The number of aliphatic hydroxyl groups excluding tert-OH is 1. The van der Waals surface area contributed by atoms with Gasteiger partial charge in [-0.25, -0.2) is 8.42 Å². The summed E-state index contributed by atoms with van der Waals surface area (Å²) in [6, 6.07) is 5.01. The second-order valence-corrected chi connectivity index (χ2v) is 6.95. The molecular weight excluding hydrogens is 290 g/mol. The lowest BCUT2D eigenvalue weighted by atomic mass is 10.0. The standard InChI is InChI=1S/C15H19NO4S/c1-3-21(19,20)10-8-16-15(18)14-7-6-13(5-4-9-17)12(2)11-14/h6-7,11,17H,3,8-10H2,1-2H3,(H,16,18). The number of benzene rings is 1. The first-order valence-corrected chi connectivity index (χ1v) is 8.40. The summed E-state index contributed by atoms with van der Waals surface area (Å²) in [7, 11) is -3.08. The van der Waals surface area contributed by atoms with Gasteiger partial charge in [-0.2, -0.15) is 0 Å². The van der Waals surface area contributed by atoms with Gasteiger partial charge in [0.1, 0.15) is 6.61 Å². The summed E-state index contributed by atoms with van der Waals surface area (Å²) in [5, 5.41) is 11.2. The zero-order chi connectivity index (χ0) is 15.9. The highest BCUT2D eigenvalue weighted by molar-refractivity contribution is 7.91. The largest absolute Gasteiger partial charge is 0.384 e. The van der Waals surface area contributed by atoms with Crippen molar-refractivity contribution in [1.82, 2.24) is 5.32 Å². The lowest BCUT2D eigenvalue weighted by Gasteiger charge is -2.07. The van der Waals surface area contributed by atoms with Crippen LogP contribution in [0.3, 0.4) is 0 Å². The van der Waals surface area contributed by atoms with E-state index in [4.69, 9.17) is 5.11 Å². The predicted molar refractivity (Wildman–Crippen MR) is 81.8 cm³/mol. The monoisotopic (exact) mass is 309 g/mol. The third-order valence-electron chi connectivity index (χ3n) is 2.93. The normalized spacial score (nSPS) is 10.6. The Morgan fingerprint density at radius 3 is 2.67 bits per heavy atom. The summed E-state index contributed by atoms with van der Waals surface area (Å²) in [6.45, 7) is 3.28. The van der Waals surface area contributed by atoms with Gasteiger partial charge in [0.15, 0.2) is 9.84 Å². The Labute approximate surface area is 125 Å². The van der Waals surface area contributed by atoms with E-state index in [1.54, 1.807) is 25.1 Å². The average molecular weight is 309 g/mol. The predicted octanol–water partition coefficient (Wildman–Crippen LogP) is 0.503. The van der Waals surface area contributed by atoms with Gasteiger partial charge in [0, 0.05) is 23.4 Å². The van der Waals surface area contributed by atoms with E-state index < -0.39 is 9.84 Å². The molecule has 5 nitrogen and oxygen atoms in total. The molecule has 0 saturated heterocycles. The number of hydrogen-bond donors (Lipinski definition) is 2. The van der Waals surface area contributed by atoms with Gasteiger partial charge in [0.25, 0.3) is 5.91 Å². The maximum Gasteiger partial charge on any atom is 0.251 e. The Morgan fingerprint density at radius 1 is 1.38 bits per heavy atom. The molecule has 0 radical (unpaired) electrons. The minimum absolute atomic E-state index is 0.0612. The van der Waals surface area contributed by atoms with Crippen LogP contribution in [-0.2, 0) is 9.84 Å². The third-order valence-corrected chi connectivity index (χ3v) is 4.63. The summed E-state index contributed by atoms with van der Waals surface area (Å²) in [4.78, 5) is 11.9. The van der Waals surface area contributed by atoms with E-state index >= 15 is 0 Å². The lowest BCUT2D eigenvalue weighted by molar-refractivity contribution is 0.0956. The molecule has 0 aromatic heterocycles. The summed E-state index contributed by atoms with van der Waals surface area (Å²) >= 11 is 0. The fraction of sp³-hybridized carbons (Fsp3) is 0.400. The molecule has 0 aliphatic heterocycles. The van der Waals surface area contributed by atoms with Gasteiger partial charge in [0.2, 0.25) is 0 Å². The Bertz CT molecular complexity index is 669. The summed E-state index contributed by atoms with van der Waals surface area (Å²) < 4.78 is 22.7. The van der Waals surface area contributed by atoms with Gasteiger partial charge in [-0.3, -0.25) is 4.79 Å². The van der Waals surface area contributed by atoms with E-state index in [1.165, 1.54) is 0 Å². The van der Waals surface area contributed by atoms with Crippen molar-refractivity contribution < 1.29 is 18.3 Å². The molecule has 0 unspecified atom stereocenters. The van der Waals surface area contributed by atoms with Gasteiger partial charge in [-0.1, -0.05) is 18.8 Å². The molecule has 6 heteroatoms. The average Bonchev–Trinajstić information content (AvgIpc) is 2.45. The van der Waals surface area contributed by atoms with Crippen LogP contribution < -0.4 is 5.32 Å². The lowest BCUT2D eigenvalue weighted by Crippen LogP contribution is -2.29. The molecule has 0 aliphatic rings. The first kappa shape index (κ1) is 17.2. The van der Waals surface area contributed by atoms with Crippen molar-refractivity contribution in [3.05, 3.63) is 34.9 Å². The van der Waals surface area contributed by atoms with E-state index in [0.29, 0.717) is 5.56 Å². The van der Waals surface area contributed by atoms with Gasteiger partial charge < -0.3 is 10.4 Å². The Hall–Kier alpha value is -1.84. The number of aryl methyl sites for hydroxylation is 1. The fourth-order valence-corrected chi connectivity index (χ4v) is 2.35. The van der Waals surface area contributed by atoms with E-state index in [2.05, 4.69) is 17.2 Å². The quantitative estimate of drug-likeness (QED) is 0.776. The number of hydrogen-bond acceptors (Lipinski definition) is 4. The maximum absolute atomic E-state index is 11.9. The molecule has 21 heavy (non-hydrogen) atoms. The Kier molecular flexibility index (Phi) is 6.40. The SMILES string of the molecule is CCS(=O)(=O)CCNC(=O)c1ccc(C#CCO)c(C)c1.